The maximum absolute atomic E-state index is 11.1. The number of hydrogen-bond donors (Lipinski definition) is 0. The summed E-state index contributed by atoms with van der Waals surface area (Å²) in [4.78, 5) is 6.32. The third-order valence-corrected chi connectivity index (χ3v) is 4.23. The first-order chi connectivity index (χ1) is 7.97. The first-order valence-corrected chi connectivity index (χ1v) is 7.98. The highest BCUT2D eigenvalue weighted by molar-refractivity contribution is 8.13. The minimum absolute atomic E-state index is 0.0573. The lowest BCUT2D eigenvalue weighted by Crippen LogP contribution is -2.24. The van der Waals surface area contributed by atoms with Crippen molar-refractivity contribution in [2.24, 2.45) is 0 Å². The van der Waals surface area contributed by atoms with E-state index in [9.17, 15) is 8.42 Å². The summed E-state index contributed by atoms with van der Waals surface area (Å²) >= 11 is 0. The van der Waals surface area contributed by atoms with E-state index in [-0.39, 0.29) is 5.03 Å². The highest BCUT2D eigenvalue weighted by atomic mass is 35.7. The van der Waals surface area contributed by atoms with Gasteiger partial charge < -0.3 is 9.47 Å². The smallest absolute Gasteiger partial charge is 0.280 e. The monoisotopic (exact) mass is 277 g/mol. The number of nitrogens with zero attached hydrogens (tertiary/aromatic N) is 3. The van der Waals surface area contributed by atoms with Gasteiger partial charge in [0.05, 0.1) is 0 Å². The Labute approximate surface area is 106 Å². The van der Waals surface area contributed by atoms with E-state index >= 15 is 0 Å². The summed E-state index contributed by atoms with van der Waals surface area (Å²) in [6.07, 6.45) is 4.02. The van der Waals surface area contributed by atoms with E-state index in [1.54, 1.807) is 6.92 Å². The van der Waals surface area contributed by atoms with Crippen LogP contribution in [0, 0.1) is 6.92 Å². The molecule has 1 aromatic heterocycles. The van der Waals surface area contributed by atoms with Gasteiger partial charge in [-0.3, -0.25) is 0 Å². The zero-order chi connectivity index (χ0) is 12.5. The fourth-order valence-electron chi connectivity index (χ4n) is 2.08. The highest BCUT2D eigenvalue weighted by Crippen LogP contribution is 2.14. The molecule has 96 valence electrons. The SMILES string of the molecule is Cc1nc(S(=O)(=O)Cl)cn1CCN1CCCC1. The molecule has 1 aliphatic rings. The van der Waals surface area contributed by atoms with Crippen molar-refractivity contribution in [3.8, 4) is 0 Å². The highest BCUT2D eigenvalue weighted by Gasteiger charge is 2.17. The lowest BCUT2D eigenvalue weighted by molar-refractivity contribution is 0.321. The van der Waals surface area contributed by atoms with E-state index in [0.717, 1.165) is 26.2 Å². The van der Waals surface area contributed by atoms with Gasteiger partial charge in [-0.25, -0.2) is 13.4 Å². The van der Waals surface area contributed by atoms with Gasteiger partial charge in [0.25, 0.3) is 9.05 Å². The Morgan fingerprint density at radius 3 is 2.53 bits per heavy atom. The Hall–Kier alpha value is -0.590. The molecule has 7 heteroatoms. The van der Waals surface area contributed by atoms with Crippen LogP contribution in [0.25, 0.3) is 0 Å². The second-order valence-corrected chi connectivity index (χ2v) is 6.82. The zero-order valence-electron chi connectivity index (χ0n) is 9.76. The molecule has 1 aromatic rings. The second-order valence-electron chi connectivity index (χ2n) is 4.31. The topological polar surface area (TPSA) is 55.2 Å². The molecule has 0 aromatic carbocycles. The Kier molecular flexibility index (Phi) is 3.75. The van der Waals surface area contributed by atoms with Crippen molar-refractivity contribution >= 4 is 19.7 Å². The molecule has 0 atom stereocenters. The maximum atomic E-state index is 11.1. The zero-order valence-corrected chi connectivity index (χ0v) is 11.3. The maximum Gasteiger partial charge on any atom is 0.280 e. The molecule has 1 aliphatic heterocycles. The van der Waals surface area contributed by atoms with Crippen molar-refractivity contribution in [1.29, 1.82) is 0 Å². The number of halogens is 1. The average Bonchev–Trinajstić information content (AvgIpc) is 2.83. The summed E-state index contributed by atoms with van der Waals surface area (Å²) in [5.74, 6) is 0.684. The van der Waals surface area contributed by atoms with Crippen molar-refractivity contribution in [1.82, 2.24) is 14.5 Å². The van der Waals surface area contributed by atoms with Crippen molar-refractivity contribution in [2.75, 3.05) is 19.6 Å². The third-order valence-electron chi connectivity index (χ3n) is 3.06. The van der Waals surface area contributed by atoms with Gasteiger partial charge in [0.1, 0.15) is 5.82 Å². The molecular formula is C10H16ClN3O2S. The van der Waals surface area contributed by atoms with Gasteiger partial charge in [-0.1, -0.05) is 0 Å². The Balaban J connectivity index is 2.03. The van der Waals surface area contributed by atoms with Crippen LogP contribution in [-0.2, 0) is 15.6 Å². The van der Waals surface area contributed by atoms with Gasteiger partial charge in [0.15, 0.2) is 5.03 Å². The first-order valence-electron chi connectivity index (χ1n) is 5.67. The standard InChI is InChI=1S/C10H16ClN3O2S/c1-9-12-10(17(11,15)16)8-14(9)7-6-13-4-2-3-5-13/h8H,2-7H2,1H3. The quantitative estimate of drug-likeness (QED) is 0.777. The Bertz CT molecular complexity index is 492. The number of aromatic nitrogens is 2. The molecule has 5 nitrogen and oxygen atoms in total. The van der Waals surface area contributed by atoms with Crippen LogP contribution in [0.3, 0.4) is 0 Å². The molecule has 2 heterocycles. The lowest BCUT2D eigenvalue weighted by atomic mass is 10.4. The van der Waals surface area contributed by atoms with Crippen molar-refractivity contribution in [3.05, 3.63) is 12.0 Å². The number of rotatable bonds is 4. The van der Waals surface area contributed by atoms with Crippen LogP contribution in [0.5, 0.6) is 0 Å². The summed E-state index contributed by atoms with van der Waals surface area (Å²) in [6, 6.07) is 0. The molecule has 17 heavy (non-hydrogen) atoms. The Morgan fingerprint density at radius 1 is 1.35 bits per heavy atom. The minimum Gasteiger partial charge on any atom is -0.332 e. The predicted molar refractivity (Wildman–Crippen MR) is 65.7 cm³/mol. The van der Waals surface area contributed by atoms with Crippen molar-refractivity contribution < 1.29 is 8.42 Å². The van der Waals surface area contributed by atoms with E-state index in [1.165, 1.54) is 19.0 Å². The van der Waals surface area contributed by atoms with Crippen molar-refractivity contribution in [3.63, 3.8) is 0 Å². The Morgan fingerprint density at radius 2 is 2.00 bits per heavy atom. The fraction of sp³-hybridized carbons (Fsp3) is 0.700. The number of likely N-dealkylation sites (tertiary alicyclic amines) is 1. The molecular weight excluding hydrogens is 262 g/mol. The summed E-state index contributed by atoms with van der Waals surface area (Å²) in [5.41, 5.74) is 0. The van der Waals surface area contributed by atoms with Crippen LogP contribution in [0.4, 0.5) is 0 Å². The number of hydrogen-bond acceptors (Lipinski definition) is 4. The molecule has 0 aliphatic carbocycles. The molecule has 1 fully saturated rings. The molecule has 0 amide bonds. The van der Waals surface area contributed by atoms with Crippen molar-refractivity contribution in [2.45, 2.75) is 31.3 Å². The normalized spacial score (nSPS) is 17.8. The third kappa shape index (κ3) is 3.20. The molecule has 0 unspecified atom stereocenters. The second kappa shape index (κ2) is 4.96. The average molecular weight is 278 g/mol. The van der Waals surface area contributed by atoms with Crippen LogP contribution in [0.2, 0.25) is 0 Å². The van der Waals surface area contributed by atoms with E-state index in [1.807, 2.05) is 4.57 Å². The number of aryl methyl sites for hydroxylation is 1. The molecule has 1 saturated heterocycles. The van der Waals surface area contributed by atoms with Gasteiger partial charge in [0, 0.05) is 30.0 Å². The van der Waals surface area contributed by atoms with E-state index in [4.69, 9.17) is 10.7 Å². The summed E-state index contributed by atoms with van der Waals surface area (Å²) in [6.45, 7) is 5.74. The predicted octanol–water partition coefficient (Wildman–Crippen LogP) is 1.21. The largest absolute Gasteiger partial charge is 0.332 e. The molecule has 0 spiro atoms. The van der Waals surface area contributed by atoms with Crippen LogP contribution < -0.4 is 0 Å². The first kappa shape index (κ1) is 12.9. The van der Waals surface area contributed by atoms with E-state index in [0.29, 0.717) is 5.82 Å². The number of imidazole rings is 1. The molecule has 0 N–H and O–H groups in total. The molecule has 0 saturated carbocycles. The summed E-state index contributed by atoms with van der Waals surface area (Å²) in [5, 5.41) is -0.0573. The van der Waals surface area contributed by atoms with Crippen LogP contribution in [0.1, 0.15) is 18.7 Å². The van der Waals surface area contributed by atoms with Crippen LogP contribution >= 0.6 is 10.7 Å². The lowest BCUT2D eigenvalue weighted by Gasteiger charge is -2.14. The van der Waals surface area contributed by atoms with E-state index in [2.05, 4.69) is 9.88 Å². The van der Waals surface area contributed by atoms with Gasteiger partial charge in [-0.05, 0) is 32.9 Å². The van der Waals surface area contributed by atoms with E-state index < -0.39 is 9.05 Å². The fourth-order valence-corrected chi connectivity index (χ4v) is 2.80. The van der Waals surface area contributed by atoms with Crippen LogP contribution in [-0.4, -0.2) is 42.5 Å². The van der Waals surface area contributed by atoms with Gasteiger partial charge in [-0.15, -0.1) is 0 Å². The summed E-state index contributed by atoms with van der Waals surface area (Å²) < 4.78 is 24.1. The molecule has 2 rings (SSSR count). The van der Waals surface area contributed by atoms with Gasteiger partial charge >= 0.3 is 0 Å². The van der Waals surface area contributed by atoms with Gasteiger partial charge in [-0.2, -0.15) is 0 Å². The van der Waals surface area contributed by atoms with Crippen LogP contribution in [0.15, 0.2) is 11.2 Å². The molecule has 0 radical (unpaired) electrons. The minimum atomic E-state index is -3.72. The summed E-state index contributed by atoms with van der Waals surface area (Å²) in [7, 11) is 1.54. The van der Waals surface area contributed by atoms with Gasteiger partial charge in [0.2, 0.25) is 0 Å². The molecule has 0 bridgehead atoms.